The van der Waals surface area contributed by atoms with Gasteiger partial charge in [-0.2, -0.15) is 8.42 Å². The van der Waals surface area contributed by atoms with E-state index in [2.05, 4.69) is 4.98 Å². The molecule has 4 nitrogen and oxygen atoms in total. The number of H-pyrrole nitrogens is 1. The number of hydrogen-bond acceptors (Lipinski definition) is 2. The molecule has 72 valence electrons. The Hall–Kier alpha value is -1.46. The highest BCUT2D eigenvalue weighted by Crippen LogP contribution is 2.16. The highest BCUT2D eigenvalue weighted by Gasteiger charge is 2.09. The standard InChI is InChI=1S/C9H7NO3S/c11-14(12,13)9-2-1-8-6-10-4-3-7(8)5-9/h1-6H,(H,11,12,13)/p+1. The summed E-state index contributed by atoms with van der Waals surface area (Å²) in [6.07, 6.45) is 3.44. The summed E-state index contributed by atoms with van der Waals surface area (Å²) in [5.41, 5.74) is 0. The maximum absolute atomic E-state index is 10.8. The molecule has 0 bridgehead atoms. The molecule has 1 aromatic heterocycles. The number of hydrogen-bond donors (Lipinski definition) is 1. The van der Waals surface area contributed by atoms with Crippen molar-refractivity contribution in [1.29, 1.82) is 0 Å². The minimum atomic E-state index is -4.10. The van der Waals surface area contributed by atoms with E-state index >= 15 is 0 Å². The molecule has 2 rings (SSSR count). The van der Waals surface area contributed by atoms with Gasteiger partial charge in [0.2, 0.25) is 0 Å². The first-order valence-electron chi connectivity index (χ1n) is 3.95. The molecule has 0 fully saturated rings. The summed E-state index contributed by atoms with van der Waals surface area (Å²) in [5.74, 6) is 0. The number of benzene rings is 1. The zero-order valence-corrected chi connectivity index (χ0v) is 7.95. The minimum absolute atomic E-state index is 0.0869. The predicted octanol–water partition coefficient (Wildman–Crippen LogP) is 0.901. The molecule has 0 saturated carbocycles. The molecule has 0 aliphatic carbocycles. The van der Waals surface area contributed by atoms with Gasteiger partial charge in [0, 0.05) is 11.5 Å². The molecular formula is C9H8NO3S+. The van der Waals surface area contributed by atoms with Crippen LogP contribution in [0.1, 0.15) is 0 Å². The summed E-state index contributed by atoms with van der Waals surface area (Å²) in [4.78, 5) is 2.79. The van der Waals surface area contributed by atoms with Gasteiger partial charge in [-0.15, -0.1) is 0 Å². The van der Waals surface area contributed by atoms with Crippen molar-refractivity contribution >= 4 is 20.9 Å². The van der Waals surface area contributed by atoms with Crippen LogP contribution >= 0.6 is 0 Å². The highest BCUT2D eigenvalue weighted by molar-refractivity contribution is 7.85. The second kappa shape index (κ2) is 3.04. The summed E-state index contributed by atoms with van der Waals surface area (Å²) in [5, 5.41) is 1.65. The van der Waals surface area contributed by atoms with Gasteiger partial charge in [0.25, 0.3) is 10.1 Å². The second-order valence-corrected chi connectivity index (χ2v) is 4.33. The minimum Gasteiger partial charge on any atom is -0.282 e. The Morgan fingerprint density at radius 3 is 2.64 bits per heavy atom. The second-order valence-electron chi connectivity index (χ2n) is 2.91. The van der Waals surface area contributed by atoms with Gasteiger partial charge in [-0.25, -0.2) is 4.98 Å². The Balaban J connectivity index is 2.75. The van der Waals surface area contributed by atoms with Crippen LogP contribution in [0.25, 0.3) is 10.8 Å². The van der Waals surface area contributed by atoms with Gasteiger partial charge in [0.05, 0.1) is 4.90 Å². The Morgan fingerprint density at radius 2 is 1.93 bits per heavy atom. The quantitative estimate of drug-likeness (QED) is 0.711. The van der Waals surface area contributed by atoms with Crippen molar-refractivity contribution in [1.82, 2.24) is 0 Å². The average Bonchev–Trinajstić information content (AvgIpc) is 2.16. The van der Waals surface area contributed by atoms with E-state index in [9.17, 15) is 8.42 Å². The van der Waals surface area contributed by atoms with Gasteiger partial charge in [-0.1, -0.05) is 0 Å². The molecular weight excluding hydrogens is 202 g/mol. The van der Waals surface area contributed by atoms with Crippen molar-refractivity contribution in [3.63, 3.8) is 0 Å². The molecule has 0 spiro atoms. The number of aromatic amines is 1. The largest absolute Gasteiger partial charge is 0.294 e. The molecule has 0 radical (unpaired) electrons. The Morgan fingerprint density at radius 1 is 1.14 bits per heavy atom. The summed E-state index contributed by atoms with van der Waals surface area (Å²) >= 11 is 0. The van der Waals surface area contributed by atoms with Crippen LogP contribution in [0.4, 0.5) is 0 Å². The van der Waals surface area contributed by atoms with Crippen molar-refractivity contribution in [2.45, 2.75) is 4.90 Å². The first-order valence-corrected chi connectivity index (χ1v) is 5.39. The van der Waals surface area contributed by atoms with E-state index < -0.39 is 10.1 Å². The summed E-state index contributed by atoms with van der Waals surface area (Å²) in [6.45, 7) is 0. The third kappa shape index (κ3) is 1.59. The van der Waals surface area contributed by atoms with E-state index in [-0.39, 0.29) is 4.90 Å². The van der Waals surface area contributed by atoms with Crippen molar-refractivity contribution < 1.29 is 18.0 Å². The molecule has 0 aliphatic rings. The number of aromatic nitrogens is 1. The van der Waals surface area contributed by atoms with Gasteiger partial charge in [-0.3, -0.25) is 4.55 Å². The molecule has 14 heavy (non-hydrogen) atoms. The highest BCUT2D eigenvalue weighted by atomic mass is 32.2. The van der Waals surface area contributed by atoms with Crippen LogP contribution < -0.4 is 4.98 Å². The summed E-state index contributed by atoms with van der Waals surface area (Å²) in [6, 6.07) is 6.17. The van der Waals surface area contributed by atoms with Crippen LogP contribution in [0, 0.1) is 0 Å². The van der Waals surface area contributed by atoms with E-state index in [4.69, 9.17) is 4.55 Å². The zero-order chi connectivity index (χ0) is 10.2. The van der Waals surface area contributed by atoms with Gasteiger partial charge < -0.3 is 0 Å². The van der Waals surface area contributed by atoms with Gasteiger partial charge >= 0.3 is 0 Å². The molecule has 0 saturated heterocycles. The van der Waals surface area contributed by atoms with Crippen molar-refractivity contribution in [2.75, 3.05) is 0 Å². The molecule has 2 N–H and O–H groups in total. The van der Waals surface area contributed by atoms with Crippen molar-refractivity contribution in [3.8, 4) is 0 Å². The lowest BCUT2D eigenvalue weighted by atomic mass is 10.2. The maximum atomic E-state index is 10.8. The lowest BCUT2D eigenvalue weighted by Gasteiger charge is -1.97. The molecule has 5 heteroatoms. The van der Waals surface area contributed by atoms with Crippen LogP contribution in [0.15, 0.2) is 41.6 Å². The molecule has 0 amide bonds. The molecule has 1 heterocycles. The van der Waals surface area contributed by atoms with E-state index in [0.29, 0.717) is 0 Å². The van der Waals surface area contributed by atoms with Crippen molar-refractivity contribution in [2.24, 2.45) is 0 Å². The first-order chi connectivity index (χ1) is 6.57. The smallest absolute Gasteiger partial charge is 0.282 e. The monoisotopic (exact) mass is 210 g/mol. The van der Waals surface area contributed by atoms with E-state index in [1.165, 1.54) is 12.1 Å². The maximum Gasteiger partial charge on any atom is 0.294 e. The summed E-state index contributed by atoms with van der Waals surface area (Å²) in [7, 11) is -4.10. The predicted molar refractivity (Wildman–Crippen MR) is 50.3 cm³/mol. The van der Waals surface area contributed by atoms with Crippen LogP contribution in [0.2, 0.25) is 0 Å². The fourth-order valence-corrected chi connectivity index (χ4v) is 1.78. The Kier molecular flexibility index (Phi) is 1.98. The SMILES string of the molecule is O=S(=O)(O)c1ccc2c[nH+]ccc2c1. The first kappa shape index (κ1) is 9.11. The molecule has 1 aromatic carbocycles. The van der Waals surface area contributed by atoms with E-state index in [1.54, 1.807) is 24.5 Å². The average molecular weight is 210 g/mol. The third-order valence-electron chi connectivity index (χ3n) is 1.95. The Labute approximate surface area is 81.0 Å². The van der Waals surface area contributed by atoms with Gasteiger partial charge in [-0.05, 0) is 23.6 Å². The lowest BCUT2D eigenvalue weighted by molar-refractivity contribution is -0.375. The number of pyridine rings is 1. The van der Waals surface area contributed by atoms with Crippen LogP contribution in [0.3, 0.4) is 0 Å². The number of fused-ring (bicyclic) bond motifs is 1. The molecule has 2 aromatic rings. The van der Waals surface area contributed by atoms with Crippen LogP contribution in [0.5, 0.6) is 0 Å². The van der Waals surface area contributed by atoms with Crippen LogP contribution in [-0.2, 0) is 10.1 Å². The normalized spacial score (nSPS) is 11.8. The van der Waals surface area contributed by atoms with E-state index in [0.717, 1.165) is 10.8 Å². The Bertz CT molecular complexity index is 577. The topological polar surface area (TPSA) is 68.5 Å². The van der Waals surface area contributed by atoms with Crippen molar-refractivity contribution in [3.05, 3.63) is 36.7 Å². The number of rotatable bonds is 1. The lowest BCUT2D eigenvalue weighted by Crippen LogP contribution is -2.00. The van der Waals surface area contributed by atoms with Crippen LogP contribution in [-0.4, -0.2) is 13.0 Å². The fourth-order valence-electron chi connectivity index (χ4n) is 1.26. The molecule has 0 aliphatic heterocycles. The van der Waals surface area contributed by atoms with Gasteiger partial charge in [0.1, 0.15) is 0 Å². The van der Waals surface area contributed by atoms with Gasteiger partial charge in [0.15, 0.2) is 12.4 Å². The number of nitrogens with one attached hydrogen (secondary N) is 1. The van der Waals surface area contributed by atoms with E-state index in [1.807, 2.05) is 0 Å². The molecule has 0 atom stereocenters. The third-order valence-corrected chi connectivity index (χ3v) is 2.80. The molecule has 0 unspecified atom stereocenters. The zero-order valence-electron chi connectivity index (χ0n) is 7.14. The fraction of sp³-hybridized carbons (Fsp3) is 0. The summed E-state index contributed by atoms with van der Waals surface area (Å²) < 4.78 is 30.5.